The lowest BCUT2D eigenvalue weighted by Gasteiger charge is -2.21. The number of rotatable bonds is 10. The van der Waals surface area contributed by atoms with Crippen molar-refractivity contribution in [1.29, 1.82) is 0 Å². The minimum atomic E-state index is -1.04. The van der Waals surface area contributed by atoms with Crippen LogP contribution in [0, 0.1) is 5.92 Å². The largest absolute Gasteiger partial charge is 0.480 e. The van der Waals surface area contributed by atoms with E-state index in [4.69, 9.17) is 0 Å². The van der Waals surface area contributed by atoms with Crippen molar-refractivity contribution in [3.63, 3.8) is 0 Å². The van der Waals surface area contributed by atoms with Crippen molar-refractivity contribution < 1.29 is 19.8 Å². The van der Waals surface area contributed by atoms with Gasteiger partial charge >= 0.3 is 11.9 Å². The highest BCUT2D eigenvalue weighted by Gasteiger charge is 2.26. The molecule has 6 heteroatoms. The normalized spacial score (nSPS) is 13.4. The van der Waals surface area contributed by atoms with E-state index in [0.717, 1.165) is 23.1 Å². The molecule has 0 aliphatic heterocycles. The maximum Gasteiger partial charge on any atom is 0.321 e. The SMILES string of the molecule is CC(C)CC[C@H](N[C@@H](Cc1ccc(-c2csc3ccccc23)cc1)C(=O)O)C(=O)O. The maximum absolute atomic E-state index is 11.7. The molecule has 1 aromatic heterocycles. The standard InChI is InChI=1S/C24H27NO4S/c1-15(2)7-12-20(23(26)27)25-21(24(28)29)13-16-8-10-17(11-9-16)19-14-30-22-6-4-3-5-18(19)22/h3-6,8-11,14-15,20-21,25H,7,12-13H2,1-2H3,(H,26,27)(H,28,29)/t20-,21-/m0/s1. The predicted molar refractivity (Wildman–Crippen MR) is 121 cm³/mol. The van der Waals surface area contributed by atoms with E-state index >= 15 is 0 Å². The average molecular weight is 426 g/mol. The van der Waals surface area contributed by atoms with Crippen LogP contribution in [0.2, 0.25) is 0 Å². The fraction of sp³-hybridized carbons (Fsp3) is 0.333. The third-order valence-electron chi connectivity index (χ3n) is 5.22. The minimum absolute atomic E-state index is 0.228. The number of carbonyl (C=O) groups is 2. The van der Waals surface area contributed by atoms with Gasteiger partial charge in [-0.1, -0.05) is 56.3 Å². The molecule has 0 fully saturated rings. The van der Waals surface area contributed by atoms with Crippen LogP contribution < -0.4 is 5.32 Å². The molecule has 0 radical (unpaired) electrons. The monoisotopic (exact) mass is 425 g/mol. The highest BCUT2D eigenvalue weighted by Crippen LogP contribution is 2.33. The summed E-state index contributed by atoms with van der Waals surface area (Å²) in [6.07, 6.45) is 1.35. The van der Waals surface area contributed by atoms with E-state index in [1.165, 1.54) is 10.1 Å². The first-order chi connectivity index (χ1) is 14.3. The van der Waals surface area contributed by atoms with E-state index in [1.54, 1.807) is 11.3 Å². The van der Waals surface area contributed by atoms with Gasteiger partial charge in [0, 0.05) is 15.6 Å². The second kappa shape index (κ2) is 9.87. The van der Waals surface area contributed by atoms with Crippen LogP contribution >= 0.6 is 11.3 Å². The molecule has 1 heterocycles. The Morgan fingerprint density at radius 2 is 1.60 bits per heavy atom. The van der Waals surface area contributed by atoms with Crippen LogP contribution in [0.4, 0.5) is 0 Å². The molecular weight excluding hydrogens is 398 g/mol. The molecule has 30 heavy (non-hydrogen) atoms. The molecule has 0 spiro atoms. The molecule has 3 N–H and O–H groups in total. The Hall–Kier alpha value is -2.70. The fourth-order valence-corrected chi connectivity index (χ4v) is 4.47. The first kappa shape index (κ1) is 22.0. The van der Waals surface area contributed by atoms with Gasteiger partial charge in [-0.05, 0) is 47.8 Å². The highest BCUT2D eigenvalue weighted by atomic mass is 32.1. The van der Waals surface area contributed by atoms with Gasteiger partial charge in [0.25, 0.3) is 0 Å². The Morgan fingerprint density at radius 3 is 2.23 bits per heavy atom. The van der Waals surface area contributed by atoms with Crippen LogP contribution in [0.1, 0.15) is 32.3 Å². The lowest BCUT2D eigenvalue weighted by molar-refractivity contribution is -0.142. The lowest BCUT2D eigenvalue weighted by Crippen LogP contribution is -2.48. The Bertz CT molecular complexity index is 1010. The van der Waals surface area contributed by atoms with E-state index in [1.807, 2.05) is 50.2 Å². The van der Waals surface area contributed by atoms with Crippen molar-refractivity contribution in [2.45, 2.75) is 45.2 Å². The molecule has 2 atom stereocenters. The Kier molecular flexibility index (Phi) is 7.24. The van der Waals surface area contributed by atoms with Gasteiger partial charge in [-0.15, -0.1) is 11.3 Å². The second-order valence-electron chi connectivity index (χ2n) is 7.97. The smallest absolute Gasteiger partial charge is 0.321 e. The molecule has 0 unspecified atom stereocenters. The summed E-state index contributed by atoms with van der Waals surface area (Å²) in [6.45, 7) is 4.04. The third kappa shape index (κ3) is 5.46. The van der Waals surface area contributed by atoms with Crippen molar-refractivity contribution >= 4 is 33.4 Å². The zero-order valence-corrected chi connectivity index (χ0v) is 18.0. The molecule has 3 rings (SSSR count). The summed E-state index contributed by atoms with van der Waals surface area (Å²) in [5, 5.41) is 25.2. The van der Waals surface area contributed by atoms with E-state index < -0.39 is 24.0 Å². The van der Waals surface area contributed by atoms with Crippen LogP contribution in [-0.4, -0.2) is 34.2 Å². The first-order valence-electron chi connectivity index (χ1n) is 10.1. The van der Waals surface area contributed by atoms with Gasteiger partial charge in [0.1, 0.15) is 12.1 Å². The van der Waals surface area contributed by atoms with Crippen molar-refractivity contribution in [2.24, 2.45) is 5.92 Å². The summed E-state index contributed by atoms with van der Waals surface area (Å²) >= 11 is 1.70. The number of hydrogen-bond donors (Lipinski definition) is 3. The molecule has 0 saturated carbocycles. The van der Waals surface area contributed by atoms with E-state index in [2.05, 4.69) is 22.8 Å². The zero-order valence-electron chi connectivity index (χ0n) is 17.2. The summed E-state index contributed by atoms with van der Waals surface area (Å²) in [5.41, 5.74) is 3.09. The fourth-order valence-electron chi connectivity index (χ4n) is 3.50. The Balaban J connectivity index is 1.73. The van der Waals surface area contributed by atoms with Gasteiger partial charge in [0.15, 0.2) is 0 Å². The first-order valence-corrected chi connectivity index (χ1v) is 11.0. The molecule has 0 amide bonds. The van der Waals surface area contributed by atoms with Gasteiger partial charge in [-0.3, -0.25) is 14.9 Å². The lowest BCUT2D eigenvalue weighted by atomic mass is 9.98. The molecule has 0 aliphatic rings. The quantitative estimate of drug-likeness (QED) is 0.423. The number of nitrogens with one attached hydrogen (secondary N) is 1. The van der Waals surface area contributed by atoms with Gasteiger partial charge in [0.05, 0.1) is 0 Å². The topological polar surface area (TPSA) is 86.6 Å². The molecule has 2 aromatic carbocycles. The Labute approximate surface area is 180 Å². The van der Waals surface area contributed by atoms with Crippen LogP contribution in [-0.2, 0) is 16.0 Å². The number of carboxylic acid groups (broad SMARTS) is 2. The van der Waals surface area contributed by atoms with Gasteiger partial charge < -0.3 is 10.2 Å². The number of aliphatic carboxylic acids is 2. The zero-order chi connectivity index (χ0) is 21.7. The van der Waals surface area contributed by atoms with Crippen LogP contribution in [0.25, 0.3) is 21.2 Å². The third-order valence-corrected chi connectivity index (χ3v) is 6.18. The van der Waals surface area contributed by atoms with Crippen molar-refractivity contribution in [2.75, 3.05) is 0 Å². The van der Waals surface area contributed by atoms with Crippen LogP contribution in [0.15, 0.2) is 53.9 Å². The van der Waals surface area contributed by atoms with E-state index in [9.17, 15) is 19.8 Å². The second-order valence-corrected chi connectivity index (χ2v) is 8.88. The Morgan fingerprint density at radius 1 is 0.933 bits per heavy atom. The van der Waals surface area contributed by atoms with E-state index in [-0.39, 0.29) is 6.42 Å². The molecule has 3 aromatic rings. The number of fused-ring (bicyclic) bond motifs is 1. The summed E-state index contributed by atoms with van der Waals surface area (Å²) < 4.78 is 1.23. The maximum atomic E-state index is 11.7. The van der Waals surface area contributed by atoms with Crippen molar-refractivity contribution in [3.05, 3.63) is 59.5 Å². The molecule has 5 nitrogen and oxygen atoms in total. The summed E-state index contributed by atoms with van der Waals surface area (Å²) in [5.74, 6) is -1.70. The van der Waals surface area contributed by atoms with Crippen molar-refractivity contribution in [1.82, 2.24) is 5.32 Å². The predicted octanol–water partition coefficient (Wildman–Crippen LogP) is 5.04. The number of benzene rings is 2. The van der Waals surface area contributed by atoms with Gasteiger partial charge in [-0.2, -0.15) is 0 Å². The molecule has 0 saturated heterocycles. The summed E-state index contributed by atoms with van der Waals surface area (Å²) in [7, 11) is 0. The number of carboxylic acids is 2. The van der Waals surface area contributed by atoms with Gasteiger partial charge in [-0.25, -0.2) is 0 Å². The molecule has 158 valence electrons. The van der Waals surface area contributed by atoms with E-state index in [0.29, 0.717) is 12.3 Å². The van der Waals surface area contributed by atoms with Crippen LogP contribution in [0.5, 0.6) is 0 Å². The average Bonchev–Trinajstić information content (AvgIpc) is 3.14. The van der Waals surface area contributed by atoms with Crippen LogP contribution in [0.3, 0.4) is 0 Å². The van der Waals surface area contributed by atoms with Gasteiger partial charge in [0.2, 0.25) is 0 Å². The molecule has 0 bridgehead atoms. The molecular formula is C24H27NO4S. The minimum Gasteiger partial charge on any atom is -0.480 e. The summed E-state index contributed by atoms with van der Waals surface area (Å²) in [6, 6.07) is 14.3. The number of thiophene rings is 1. The summed E-state index contributed by atoms with van der Waals surface area (Å²) in [4.78, 5) is 23.3. The number of hydrogen-bond acceptors (Lipinski definition) is 4. The molecule has 0 aliphatic carbocycles. The van der Waals surface area contributed by atoms with Crippen molar-refractivity contribution in [3.8, 4) is 11.1 Å². The highest BCUT2D eigenvalue weighted by molar-refractivity contribution is 7.17.